The number of rotatable bonds is 5. The molecule has 5 rings (SSSR count). The molecule has 3 aromatic rings. The SMILES string of the molecule is c1ccc2nc(CN3CCOC(COc4ccc5c(c4)OCO5)C3)ccc2c1. The maximum absolute atomic E-state index is 5.92. The third kappa shape index (κ3) is 3.74. The summed E-state index contributed by atoms with van der Waals surface area (Å²) in [6.07, 6.45) is 0.0274. The maximum Gasteiger partial charge on any atom is 0.231 e. The lowest BCUT2D eigenvalue weighted by Crippen LogP contribution is -2.44. The summed E-state index contributed by atoms with van der Waals surface area (Å²) in [7, 11) is 0. The van der Waals surface area contributed by atoms with Gasteiger partial charge in [0.05, 0.1) is 17.8 Å². The van der Waals surface area contributed by atoms with Gasteiger partial charge in [0.25, 0.3) is 0 Å². The van der Waals surface area contributed by atoms with Gasteiger partial charge in [-0.25, -0.2) is 0 Å². The van der Waals surface area contributed by atoms with Crippen molar-refractivity contribution in [2.45, 2.75) is 12.6 Å². The van der Waals surface area contributed by atoms with Crippen LogP contribution < -0.4 is 14.2 Å². The first-order valence-corrected chi connectivity index (χ1v) is 9.54. The number of hydrogen-bond acceptors (Lipinski definition) is 6. The number of pyridine rings is 1. The maximum atomic E-state index is 5.92. The molecule has 1 atom stereocenters. The molecule has 6 nitrogen and oxygen atoms in total. The van der Waals surface area contributed by atoms with E-state index in [0.717, 1.165) is 48.1 Å². The van der Waals surface area contributed by atoms with Gasteiger partial charge in [-0.1, -0.05) is 24.3 Å². The highest BCUT2D eigenvalue weighted by atomic mass is 16.7. The van der Waals surface area contributed by atoms with Crippen molar-refractivity contribution in [1.29, 1.82) is 0 Å². The van der Waals surface area contributed by atoms with Crippen molar-refractivity contribution in [3.8, 4) is 17.2 Å². The molecule has 0 bridgehead atoms. The van der Waals surface area contributed by atoms with E-state index >= 15 is 0 Å². The Morgan fingerprint density at radius 2 is 1.96 bits per heavy atom. The number of aromatic nitrogens is 1. The molecule has 0 aliphatic carbocycles. The van der Waals surface area contributed by atoms with Gasteiger partial charge in [-0.3, -0.25) is 9.88 Å². The van der Waals surface area contributed by atoms with Gasteiger partial charge in [-0.05, 0) is 24.3 Å². The van der Waals surface area contributed by atoms with Gasteiger partial charge >= 0.3 is 0 Å². The first kappa shape index (κ1) is 17.3. The molecule has 2 aromatic carbocycles. The molecule has 0 spiro atoms. The fourth-order valence-corrected chi connectivity index (χ4v) is 3.61. The summed E-state index contributed by atoms with van der Waals surface area (Å²) in [5.41, 5.74) is 2.12. The van der Waals surface area contributed by atoms with Gasteiger partial charge in [0.15, 0.2) is 11.5 Å². The Bertz CT molecular complexity index is 978. The van der Waals surface area contributed by atoms with Crippen LogP contribution in [0, 0.1) is 0 Å². The molecule has 1 fully saturated rings. The molecule has 1 aromatic heterocycles. The Labute approximate surface area is 163 Å². The summed E-state index contributed by atoms with van der Waals surface area (Å²) in [5.74, 6) is 2.25. The molecule has 0 N–H and O–H groups in total. The summed E-state index contributed by atoms with van der Waals surface area (Å²) in [6, 6.07) is 18.1. The lowest BCUT2D eigenvalue weighted by Gasteiger charge is -2.32. The van der Waals surface area contributed by atoms with E-state index in [-0.39, 0.29) is 12.9 Å². The minimum absolute atomic E-state index is 0.0274. The zero-order valence-electron chi connectivity index (χ0n) is 15.5. The van der Waals surface area contributed by atoms with Crippen LogP contribution in [0.25, 0.3) is 10.9 Å². The summed E-state index contributed by atoms with van der Waals surface area (Å²) >= 11 is 0. The van der Waals surface area contributed by atoms with Crippen LogP contribution >= 0.6 is 0 Å². The third-order valence-electron chi connectivity index (χ3n) is 5.04. The summed E-state index contributed by atoms with van der Waals surface area (Å²) in [4.78, 5) is 7.15. The number of fused-ring (bicyclic) bond motifs is 2. The summed E-state index contributed by atoms with van der Waals surface area (Å²) in [6.45, 7) is 4.00. The number of benzene rings is 2. The van der Waals surface area contributed by atoms with E-state index in [2.05, 4.69) is 29.2 Å². The zero-order chi connectivity index (χ0) is 18.8. The largest absolute Gasteiger partial charge is 0.491 e. The van der Waals surface area contributed by atoms with E-state index in [1.807, 2.05) is 30.3 Å². The van der Waals surface area contributed by atoms with Crippen LogP contribution in [0.5, 0.6) is 17.2 Å². The number of morpholine rings is 1. The molecule has 6 heteroatoms. The van der Waals surface area contributed by atoms with Crippen LogP contribution in [-0.4, -0.2) is 49.1 Å². The number of para-hydroxylation sites is 1. The molecular formula is C22H22N2O4. The van der Waals surface area contributed by atoms with Crippen LogP contribution in [-0.2, 0) is 11.3 Å². The predicted octanol–water partition coefficient (Wildman–Crippen LogP) is 3.24. The number of ether oxygens (including phenoxy) is 4. The highest BCUT2D eigenvalue weighted by Crippen LogP contribution is 2.35. The Hall–Kier alpha value is -2.83. The van der Waals surface area contributed by atoms with E-state index < -0.39 is 0 Å². The second-order valence-corrected chi connectivity index (χ2v) is 7.05. The molecule has 1 unspecified atom stereocenters. The summed E-state index contributed by atoms with van der Waals surface area (Å²) in [5, 5.41) is 1.17. The quantitative estimate of drug-likeness (QED) is 0.679. The van der Waals surface area contributed by atoms with Crippen molar-refractivity contribution in [1.82, 2.24) is 9.88 Å². The van der Waals surface area contributed by atoms with E-state index in [9.17, 15) is 0 Å². The van der Waals surface area contributed by atoms with Crippen LogP contribution in [0.1, 0.15) is 5.69 Å². The van der Waals surface area contributed by atoms with Crippen LogP contribution in [0.15, 0.2) is 54.6 Å². The Balaban J connectivity index is 1.18. The van der Waals surface area contributed by atoms with Gasteiger partial charge in [0.1, 0.15) is 18.5 Å². The molecule has 0 amide bonds. The molecule has 1 saturated heterocycles. The van der Waals surface area contributed by atoms with Gasteiger partial charge in [0.2, 0.25) is 6.79 Å². The van der Waals surface area contributed by atoms with Gasteiger partial charge in [0, 0.05) is 31.1 Å². The second-order valence-electron chi connectivity index (χ2n) is 7.05. The van der Waals surface area contributed by atoms with E-state index in [4.69, 9.17) is 23.9 Å². The molecule has 0 radical (unpaired) electrons. The lowest BCUT2D eigenvalue weighted by molar-refractivity contribution is -0.0507. The molecule has 2 aliphatic heterocycles. The fraction of sp³-hybridized carbons (Fsp3) is 0.318. The highest BCUT2D eigenvalue weighted by Gasteiger charge is 2.22. The highest BCUT2D eigenvalue weighted by molar-refractivity contribution is 5.78. The van der Waals surface area contributed by atoms with E-state index in [0.29, 0.717) is 13.2 Å². The molecule has 3 heterocycles. The van der Waals surface area contributed by atoms with E-state index in [1.54, 1.807) is 0 Å². The van der Waals surface area contributed by atoms with Crippen LogP contribution in [0.3, 0.4) is 0 Å². The van der Waals surface area contributed by atoms with Crippen LogP contribution in [0.4, 0.5) is 0 Å². The fourth-order valence-electron chi connectivity index (χ4n) is 3.61. The average Bonchev–Trinajstić information content (AvgIpc) is 3.20. The van der Waals surface area contributed by atoms with Gasteiger partial charge < -0.3 is 18.9 Å². The first-order valence-electron chi connectivity index (χ1n) is 9.54. The van der Waals surface area contributed by atoms with Crippen LogP contribution in [0.2, 0.25) is 0 Å². The second kappa shape index (κ2) is 7.66. The van der Waals surface area contributed by atoms with E-state index in [1.165, 1.54) is 5.39 Å². The molecular weight excluding hydrogens is 356 g/mol. The van der Waals surface area contributed by atoms with Crippen molar-refractivity contribution in [3.63, 3.8) is 0 Å². The van der Waals surface area contributed by atoms with Gasteiger partial charge in [-0.15, -0.1) is 0 Å². The Kier molecular flexibility index (Phi) is 4.72. The smallest absolute Gasteiger partial charge is 0.231 e. The molecule has 2 aliphatic rings. The monoisotopic (exact) mass is 378 g/mol. The van der Waals surface area contributed by atoms with Gasteiger partial charge in [-0.2, -0.15) is 0 Å². The number of hydrogen-bond donors (Lipinski definition) is 0. The molecule has 28 heavy (non-hydrogen) atoms. The minimum Gasteiger partial charge on any atom is -0.491 e. The first-order chi connectivity index (χ1) is 13.8. The Morgan fingerprint density at radius 3 is 2.96 bits per heavy atom. The normalized spacial score (nSPS) is 19.1. The third-order valence-corrected chi connectivity index (χ3v) is 5.04. The Morgan fingerprint density at radius 1 is 1.04 bits per heavy atom. The van der Waals surface area contributed by atoms with Crippen molar-refractivity contribution in [3.05, 3.63) is 60.3 Å². The number of nitrogens with zero attached hydrogens (tertiary/aromatic N) is 2. The standard InChI is InChI=1S/C22H22N2O4/c1-2-4-20-16(3-1)5-6-17(23-20)12-24-9-10-25-19(13-24)14-26-18-7-8-21-22(11-18)28-15-27-21/h1-8,11,19H,9-10,12-15H2. The van der Waals surface area contributed by atoms with Crippen molar-refractivity contribution in [2.24, 2.45) is 0 Å². The summed E-state index contributed by atoms with van der Waals surface area (Å²) < 4.78 is 22.5. The molecule has 144 valence electrons. The zero-order valence-corrected chi connectivity index (χ0v) is 15.5. The van der Waals surface area contributed by atoms with Crippen molar-refractivity contribution in [2.75, 3.05) is 33.1 Å². The van der Waals surface area contributed by atoms with Crippen molar-refractivity contribution < 1.29 is 18.9 Å². The lowest BCUT2D eigenvalue weighted by atomic mass is 10.2. The minimum atomic E-state index is 0.0274. The topological polar surface area (TPSA) is 53.1 Å². The predicted molar refractivity (Wildman–Crippen MR) is 105 cm³/mol. The van der Waals surface area contributed by atoms with Crippen molar-refractivity contribution >= 4 is 10.9 Å². The molecule has 0 saturated carbocycles. The average molecular weight is 378 g/mol.